The van der Waals surface area contributed by atoms with Gasteiger partial charge in [-0.05, 0) is 19.1 Å². The number of alkyl halides is 2. The van der Waals surface area contributed by atoms with Crippen LogP contribution in [-0.4, -0.2) is 31.1 Å². The van der Waals surface area contributed by atoms with Gasteiger partial charge in [-0.1, -0.05) is 41.4 Å². The molecule has 0 N–H and O–H groups in total. The Hall–Kier alpha value is -0.620. The van der Waals surface area contributed by atoms with Gasteiger partial charge in [-0.3, -0.25) is 4.79 Å². The summed E-state index contributed by atoms with van der Waals surface area (Å²) in [4.78, 5) is 11.1. The minimum absolute atomic E-state index is 0.0226. The zero-order chi connectivity index (χ0) is 14.7. The fourth-order valence-corrected chi connectivity index (χ4v) is 3.75. The maximum atomic E-state index is 12.4. The maximum Gasteiger partial charge on any atom is 0.248 e. The van der Waals surface area contributed by atoms with Crippen LogP contribution in [0, 0.1) is 0 Å². The van der Waals surface area contributed by atoms with Gasteiger partial charge < -0.3 is 4.74 Å². The Kier molecular flexibility index (Phi) is 5.38. The first kappa shape index (κ1) is 16.4. The van der Waals surface area contributed by atoms with Gasteiger partial charge >= 0.3 is 0 Å². The summed E-state index contributed by atoms with van der Waals surface area (Å²) in [6.45, 7) is 1.31. The minimum atomic E-state index is -4.04. The van der Waals surface area contributed by atoms with E-state index >= 15 is 0 Å². The highest BCUT2D eigenvalue weighted by Crippen LogP contribution is 2.39. The molecule has 0 aliphatic rings. The van der Waals surface area contributed by atoms with Crippen molar-refractivity contribution in [3.63, 3.8) is 0 Å². The quantitative estimate of drug-likeness (QED) is 0.754. The average molecular weight is 325 g/mol. The van der Waals surface area contributed by atoms with Crippen molar-refractivity contribution >= 4 is 38.8 Å². The monoisotopic (exact) mass is 324 g/mol. The Morgan fingerprint density at radius 2 is 1.84 bits per heavy atom. The van der Waals surface area contributed by atoms with E-state index in [0.717, 1.165) is 0 Å². The van der Waals surface area contributed by atoms with Crippen LogP contribution < -0.4 is 0 Å². The SMILES string of the molecule is COC(CC(C)=O)C(Cl)(Cl)S(=O)(=O)c1ccccc1. The molecule has 0 saturated heterocycles. The zero-order valence-corrected chi connectivity index (χ0v) is 12.8. The number of halogens is 2. The van der Waals surface area contributed by atoms with Crippen LogP contribution in [-0.2, 0) is 19.4 Å². The van der Waals surface area contributed by atoms with Gasteiger partial charge in [0.2, 0.25) is 13.5 Å². The van der Waals surface area contributed by atoms with Crippen molar-refractivity contribution in [2.75, 3.05) is 7.11 Å². The Morgan fingerprint density at radius 1 is 1.32 bits per heavy atom. The average Bonchev–Trinajstić information content (AvgIpc) is 2.36. The Balaban J connectivity index is 3.20. The van der Waals surface area contributed by atoms with Crippen LogP contribution in [0.25, 0.3) is 0 Å². The van der Waals surface area contributed by atoms with Gasteiger partial charge in [0.25, 0.3) is 0 Å². The molecular formula is C12H14Cl2O4S. The number of rotatable bonds is 6. The molecule has 1 aromatic rings. The van der Waals surface area contributed by atoms with Gasteiger partial charge in [0.1, 0.15) is 11.9 Å². The van der Waals surface area contributed by atoms with Crippen LogP contribution in [0.3, 0.4) is 0 Å². The molecule has 0 amide bonds. The van der Waals surface area contributed by atoms with E-state index < -0.39 is 19.6 Å². The molecule has 1 unspecified atom stereocenters. The number of carbonyl (C=O) groups excluding carboxylic acids is 1. The number of hydrogen-bond donors (Lipinski definition) is 0. The highest BCUT2D eigenvalue weighted by molar-refractivity contribution is 7.95. The van der Waals surface area contributed by atoms with Crippen LogP contribution in [0.4, 0.5) is 0 Å². The van der Waals surface area contributed by atoms with Crippen LogP contribution in [0.15, 0.2) is 35.2 Å². The first-order valence-electron chi connectivity index (χ1n) is 5.43. The molecule has 0 aliphatic heterocycles. The van der Waals surface area contributed by atoms with Gasteiger partial charge in [0.15, 0.2) is 0 Å². The van der Waals surface area contributed by atoms with Crippen molar-refractivity contribution in [3.05, 3.63) is 30.3 Å². The van der Waals surface area contributed by atoms with E-state index in [1.165, 1.54) is 26.2 Å². The lowest BCUT2D eigenvalue weighted by Crippen LogP contribution is -2.41. The molecule has 0 aromatic heterocycles. The molecule has 1 rings (SSSR count). The normalized spacial score (nSPS) is 14.1. The summed E-state index contributed by atoms with van der Waals surface area (Å²) in [5, 5.41) is 0. The van der Waals surface area contributed by atoms with Crippen LogP contribution in [0.5, 0.6) is 0 Å². The highest BCUT2D eigenvalue weighted by atomic mass is 35.5. The second-order valence-corrected chi connectivity index (χ2v) is 7.97. The minimum Gasteiger partial charge on any atom is -0.377 e. The van der Waals surface area contributed by atoms with Crippen LogP contribution in [0.1, 0.15) is 13.3 Å². The fourth-order valence-electron chi connectivity index (χ4n) is 1.53. The number of Topliss-reactive ketones (excluding diaryl/α,β-unsaturated/α-hetero) is 1. The number of carbonyl (C=O) groups is 1. The van der Waals surface area contributed by atoms with Gasteiger partial charge in [0.05, 0.1) is 4.90 Å². The number of hydrogen-bond acceptors (Lipinski definition) is 4. The topological polar surface area (TPSA) is 60.4 Å². The molecule has 4 nitrogen and oxygen atoms in total. The molecule has 0 heterocycles. The summed E-state index contributed by atoms with van der Waals surface area (Å²) in [5.74, 6) is -0.263. The van der Waals surface area contributed by atoms with Crippen molar-refractivity contribution in [2.45, 2.75) is 28.0 Å². The number of ketones is 1. The van der Waals surface area contributed by atoms with E-state index in [1.807, 2.05) is 0 Å². The molecule has 7 heteroatoms. The number of benzene rings is 1. The van der Waals surface area contributed by atoms with E-state index in [1.54, 1.807) is 18.2 Å². The molecule has 19 heavy (non-hydrogen) atoms. The summed E-state index contributed by atoms with van der Waals surface area (Å²) in [6, 6.07) is 7.56. The van der Waals surface area contributed by atoms with E-state index in [4.69, 9.17) is 27.9 Å². The van der Waals surface area contributed by atoms with Crippen molar-refractivity contribution < 1.29 is 17.9 Å². The molecule has 0 radical (unpaired) electrons. The number of ether oxygens (including phenoxy) is 1. The van der Waals surface area contributed by atoms with Crippen molar-refractivity contribution in [1.29, 1.82) is 0 Å². The largest absolute Gasteiger partial charge is 0.377 e. The van der Waals surface area contributed by atoms with E-state index in [2.05, 4.69) is 0 Å². The maximum absolute atomic E-state index is 12.4. The first-order valence-corrected chi connectivity index (χ1v) is 7.67. The van der Waals surface area contributed by atoms with Crippen LogP contribution in [0.2, 0.25) is 0 Å². The number of methoxy groups -OCH3 is 1. The summed E-state index contributed by atoms with van der Waals surface area (Å²) < 4.78 is 27.5. The van der Waals surface area contributed by atoms with Gasteiger partial charge in [0, 0.05) is 13.5 Å². The lowest BCUT2D eigenvalue weighted by Gasteiger charge is -2.27. The second-order valence-electron chi connectivity index (χ2n) is 4.01. The number of sulfone groups is 1. The zero-order valence-electron chi connectivity index (χ0n) is 10.5. The van der Waals surface area contributed by atoms with Crippen molar-refractivity contribution in [3.8, 4) is 0 Å². The molecule has 106 valence electrons. The van der Waals surface area contributed by atoms with Gasteiger partial charge in [-0.15, -0.1) is 0 Å². The summed E-state index contributed by atoms with van der Waals surface area (Å²) >= 11 is 11.9. The smallest absolute Gasteiger partial charge is 0.248 e. The third-order valence-corrected chi connectivity index (χ3v) is 6.12. The second kappa shape index (κ2) is 6.22. The molecular weight excluding hydrogens is 311 g/mol. The van der Waals surface area contributed by atoms with E-state index in [9.17, 15) is 13.2 Å². The standard InChI is InChI=1S/C12H14Cl2O4S/c1-9(15)8-11(18-2)12(13,14)19(16,17)10-6-4-3-5-7-10/h3-7,11H,8H2,1-2H3. The first-order chi connectivity index (χ1) is 8.73. The third kappa shape index (κ3) is 3.48. The molecule has 1 aromatic carbocycles. The van der Waals surface area contributed by atoms with Crippen LogP contribution >= 0.6 is 23.2 Å². The van der Waals surface area contributed by atoms with Gasteiger partial charge in [-0.2, -0.15) is 0 Å². The molecule has 0 aliphatic carbocycles. The predicted octanol–water partition coefficient (Wildman–Crippen LogP) is 2.59. The lowest BCUT2D eigenvalue weighted by molar-refractivity contribution is -0.119. The summed E-state index contributed by atoms with van der Waals surface area (Å²) in [7, 11) is -2.78. The molecule has 0 bridgehead atoms. The Morgan fingerprint density at radius 3 is 2.26 bits per heavy atom. The Bertz CT molecular complexity index is 540. The van der Waals surface area contributed by atoms with E-state index in [-0.39, 0.29) is 17.1 Å². The lowest BCUT2D eigenvalue weighted by atomic mass is 10.2. The van der Waals surface area contributed by atoms with Crippen molar-refractivity contribution in [1.82, 2.24) is 0 Å². The molecule has 1 atom stereocenters. The third-order valence-electron chi connectivity index (χ3n) is 2.54. The van der Waals surface area contributed by atoms with Crippen molar-refractivity contribution in [2.24, 2.45) is 0 Å². The summed E-state index contributed by atoms with van der Waals surface area (Å²) in [6.07, 6.45) is -1.33. The Labute approximate surface area is 122 Å². The fraction of sp³-hybridized carbons (Fsp3) is 0.417. The molecule has 0 spiro atoms. The molecule has 0 saturated carbocycles. The predicted molar refractivity (Wildman–Crippen MR) is 74.2 cm³/mol. The van der Waals surface area contributed by atoms with E-state index in [0.29, 0.717) is 0 Å². The molecule has 0 fully saturated rings. The highest BCUT2D eigenvalue weighted by Gasteiger charge is 2.49. The van der Waals surface area contributed by atoms with Gasteiger partial charge in [-0.25, -0.2) is 8.42 Å². The summed E-state index contributed by atoms with van der Waals surface area (Å²) in [5.41, 5.74) is 0.